The average molecular weight is 546 g/mol. The van der Waals surface area contributed by atoms with E-state index in [1.54, 1.807) is 0 Å². The number of aromatic nitrogens is 2. The number of carbonyl (C=O) groups is 3. The number of nitrogens with zero attached hydrogens (tertiary/aromatic N) is 4. The minimum absolute atomic E-state index is 0.169. The fourth-order valence-electron chi connectivity index (χ4n) is 4.18. The van der Waals surface area contributed by atoms with Crippen LogP contribution in [0.2, 0.25) is 0 Å². The SMILES string of the molecule is C=CCN1C[C@@H]2CN(Cc3nccn3C)CCC[C@]2(C(=O)O)C1.O=C(O)C(F)(F)F.O=C(O)C(F)(F)F. The summed E-state index contributed by atoms with van der Waals surface area (Å²) in [6.07, 6.45) is -2.84. The van der Waals surface area contributed by atoms with Gasteiger partial charge in [-0.15, -0.1) is 6.58 Å². The van der Waals surface area contributed by atoms with Crippen LogP contribution in [0.3, 0.4) is 0 Å². The Bertz CT molecular complexity index is 927. The van der Waals surface area contributed by atoms with E-state index in [-0.39, 0.29) is 5.92 Å². The van der Waals surface area contributed by atoms with Gasteiger partial charge in [0.2, 0.25) is 0 Å². The van der Waals surface area contributed by atoms with Crippen molar-refractivity contribution >= 4 is 17.9 Å². The highest BCUT2D eigenvalue weighted by molar-refractivity contribution is 5.76. The molecule has 2 saturated heterocycles. The molecule has 3 rings (SSSR count). The zero-order valence-corrected chi connectivity index (χ0v) is 19.8. The van der Waals surface area contributed by atoms with Crippen molar-refractivity contribution < 1.29 is 56.0 Å². The van der Waals surface area contributed by atoms with Crippen molar-refractivity contribution in [2.45, 2.75) is 31.7 Å². The Hall–Kier alpha value is -3.14. The molecule has 0 unspecified atom stereocenters. The van der Waals surface area contributed by atoms with Crippen molar-refractivity contribution in [1.29, 1.82) is 0 Å². The van der Waals surface area contributed by atoms with Crippen LogP contribution in [-0.4, -0.2) is 97.7 Å². The number of rotatable bonds is 5. The first-order valence-corrected chi connectivity index (χ1v) is 10.8. The molecule has 0 bridgehead atoms. The topological polar surface area (TPSA) is 136 Å². The van der Waals surface area contributed by atoms with Crippen LogP contribution in [0.5, 0.6) is 0 Å². The largest absolute Gasteiger partial charge is 0.490 e. The predicted molar refractivity (Wildman–Crippen MR) is 115 cm³/mol. The van der Waals surface area contributed by atoms with Gasteiger partial charge in [-0.2, -0.15) is 26.3 Å². The van der Waals surface area contributed by atoms with Crippen LogP contribution in [0.4, 0.5) is 26.3 Å². The number of fused-ring (bicyclic) bond motifs is 1. The summed E-state index contributed by atoms with van der Waals surface area (Å²) in [7, 11) is 2.00. The van der Waals surface area contributed by atoms with Crippen LogP contribution in [0.25, 0.3) is 0 Å². The van der Waals surface area contributed by atoms with Crippen molar-refractivity contribution in [3.8, 4) is 0 Å². The van der Waals surface area contributed by atoms with Crippen LogP contribution in [0, 0.1) is 11.3 Å². The standard InChI is InChI=1S/C17H26N4O2.2C2HF3O2/c1-3-7-21-11-14-10-20(12-15-18-6-9-19(15)2)8-4-5-17(14,13-21)16(22)23;2*3-2(4,5)1(6)7/h3,6,9,14H,1,4-5,7-8,10-13H2,2H3,(H,22,23);2*(H,6,7)/t14-,17-;;/m0../s1. The van der Waals surface area contributed by atoms with Crippen molar-refractivity contribution in [2.75, 3.05) is 32.7 Å². The molecular formula is C21H28F6N4O6. The Morgan fingerprint density at radius 2 is 1.59 bits per heavy atom. The lowest BCUT2D eigenvalue weighted by Gasteiger charge is -2.29. The van der Waals surface area contributed by atoms with Crippen molar-refractivity contribution in [3.05, 3.63) is 30.9 Å². The number of hydrogen-bond donors (Lipinski definition) is 3. The van der Waals surface area contributed by atoms with Gasteiger partial charge in [0.05, 0.1) is 12.0 Å². The fourth-order valence-corrected chi connectivity index (χ4v) is 4.18. The van der Waals surface area contributed by atoms with Gasteiger partial charge in [0.25, 0.3) is 0 Å². The third-order valence-corrected chi connectivity index (χ3v) is 5.93. The molecule has 0 radical (unpaired) electrons. The van der Waals surface area contributed by atoms with Crippen LogP contribution in [0.1, 0.15) is 18.7 Å². The number of hydrogen-bond acceptors (Lipinski definition) is 6. The first kappa shape index (κ1) is 31.9. The molecule has 0 saturated carbocycles. The lowest BCUT2D eigenvalue weighted by molar-refractivity contribution is -0.193. The minimum Gasteiger partial charge on any atom is -0.481 e. The van der Waals surface area contributed by atoms with Gasteiger partial charge in [0, 0.05) is 51.5 Å². The Kier molecular flexibility index (Phi) is 11.1. The van der Waals surface area contributed by atoms with Crippen LogP contribution < -0.4 is 0 Å². The van der Waals surface area contributed by atoms with E-state index in [0.29, 0.717) is 6.54 Å². The molecule has 0 spiro atoms. The van der Waals surface area contributed by atoms with Gasteiger partial charge >= 0.3 is 30.3 Å². The fraction of sp³-hybridized carbons (Fsp3) is 0.619. The first-order chi connectivity index (χ1) is 16.9. The smallest absolute Gasteiger partial charge is 0.481 e. The molecule has 0 amide bonds. The van der Waals surface area contributed by atoms with E-state index in [9.17, 15) is 36.2 Å². The summed E-state index contributed by atoms with van der Waals surface area (Å²) in [6.45, 7) is 8.61. The van der Waals surface area contributed by atoms with Gasteiger partial charge in [-0.1, -0.05) is 6.08 Å². The molecule has 3 N–H and O–H groups in total. The minimum atomic E-state index is -5.08. The summed E-state index contributed by atoms with van der Waals surface area (Å²) in [5, 5.41) is 24.2. The summed E-state index contributed by atoms with van der Waals surface area (Å²) in [5.74, 6) is -4.94. The average Bonchev–Trinajstić information content (AvgIpc) is 3.26. The van der Waals surface area contributed by atoms with Crippen LogP contribution in [0.15, 0.2) is 25.0 Å². The summed E-state index contributed by atoms with van der Waals surface area (Å²) in [5.41, 5.74) is -0.598. The quantitative estimate of drug-likeness (QED) is 0.376. The molecule has 2 atom stereocenters. The normalized spacial score (nSPS) is 22.4. The third-order valence-electron chi connectivity index (χ3n) is 5.93. The molecular weight excluding hydrogens is 518 g/mol. The maximum absolute atomic E-state index is 12.1. The number of imidazole rings is 1. The molecule has 210 valence electrons. The summed E-state index contributed by atoms with van der Waals surface area (Å²) in [6, 6.07) is 0. The Balaban J connectivity index is 0.000000404. The van der Waals surface area contributed by atoms with Crippen LogP contribution >= 0.6 is 0 Å². The molecule has 16 heteroatoms. The monoisotopic (exact) mass is 546 g/mol. The van der Waals surface area contributed by atoms with E-state index >= 15 is 0 Å². The van der Waals surface area contributed by atoms with Gasteiger partial charge in [-0.3, -0.25) is 14.6 Å². The molecule has 0 aliphatic carbocycles. The molecule has 1 aromatic rings. The zero-order valence-electron chi connectivity index (χ0n) is 19.8. The van der Waals surface area contributed by atoms with Gasteiger partial charge in [-0.05, 0) is 19.4 Å². The molecule has 10 nitrogen and oxygen atoms in total. The summed E-state index contributed by atoms with van der Waals surface area (Å²) >= 11 is 0. The molecule has 3 heterocycles. The van der Waals surface area contributed by atoms with E-state index < -0.39 is 35.7 Å². The highest BCUT2D eigenvalue weighted by Crippen LogP contribution is 2.43. The van der Waals surface area contributed by atoms with Crippen molar-refractivity contribution in [2.24, 2.45) is 18.4 Å². The highest BCUT2D eigenvalue weighted by Gasteiger charge is 2.53. The lowest BCUT2D eigenvalue weighted by atomic mass is 9.75. The summed E-state index contributed by atoms with van der Waals surface area (Å²) in [4.78, 5) is 38.8. The lowest BCUT2D eigenvalue weighted by Crippen LogP contribution is -2.41. The molecule has 2 fully saturated rings. The maximum atomic E-state index is 12.1. The number of aryl methyl sites for hydroxylation is 1. The number of aliphatic carboxylic acids is 3. The van der Waals surface area contributed by atoms with Crippen molar-refractivity contribution in [3.63, 3.8) is 0 Å². The van der Waals surface area contributed by atoms with E-state index in [4.69, 9.17) is 19.8 Å². The predicted octanol–water partition coefficient (Wildman–Crippen LogP) is 2.47. The van der Waals surface area contributed by atoms with E-state index in [1.165, 1.54) is 0 Å². The van der Waals surface area contributed by atoms with Crippen LogP contribution in [-0.2, 0) is 28.0 Å². The Morgan fingerprint density at radius 3 is 2.00 bits per heavy atom. The van der Waals surface area contributed by atoms with Gasteiger partial charge in [-0.25, -0.2) is 14.6 Å². The summed E-state index contributed by atoms with van der Waals surface area (Å²) < 4.78 is 65.5. The van der Waals surface area contributed by atoms with Gasteiger partial charge in [0.15, 0.2) is 0 Å². The number of halogens is 6. The Labute approximate surface area is 207 Å². The second kappa shape index (κ2) is 12.9. The molecule has 2 aliphatic heterocycles. The Morgan fingerprint density at radius 1 is 1.08 bits per heavy atom. The number of carboxylic acid groups (broad SMARTS) is 3. The number of likely N-dealkylation sites (tertiary alicyclic amines) is 2. The van der Waals surface area contributed by atoms with E-state index in [0.717, 1.165) is 51.4 Å². The van der Waals surface area contributed by atoms with Gasteiger partial charge < -0.3 is 19.9 Å². The molecule has 2 aliphatic rings. The number of carboxylic acids is 3. The maximum Gasteiger partial charge on any atom is 0.490 e. The third kappa shape index (κ3) is 9.35. The molecule has 0 aromatic carbocycles. The number of alkyl halides is 6. The molecule has 37 heavy (non-hydrogen) atoms. The zero-order chi connectivity index (χ0) is 28.6. The van der Waals surface area contributed by atoms with Gasteiger partial charge in [0.1, 0.15) is 5.82 Å². The second-order valence-electron chi connectivity index (χ2n) is 8.54. The van der Waals surface area contributed by atoms with E-state index in [2.05, 4.69) is 21.4 Å². The first-order valence-electron chi connectivity index (χ1n) is 10.8. The van der Waals surface area contributed by atoms with E-state index in [1.807, 2.05) is 30.1 Å². The molecule has 1 aromatic heterocycles. The highest BCUT2D eigenvalue weighted by atomic mass is 19.4. The second-order valence-corrected chi connectivity index (χ2v) is 8.54. The van der Waals surface area contributed by atoms with Crippen molar-refractivity contribution in [1.82, 2.24) is 19.4 Å².